The summed E-state index contributed by atoms with van der Waals surface area (Å²) in [6.07, 6.45) is 5.99. The predicted octanol–water partition coefficient (Wildman–Crippen LogP) is 6.76. The highest BCUT2D eigenvalue weighted by molar-refractivity contribution is 8.17. The molecule has 0 aliphatic carbocycles. The van der Waals surface area contributed by atoms with Crippen molar-refractivity contribution in [2.75, 3.05) is 5.32 Å². The molecule has 1 aliphatic rings. The number of amides is 1. The van der Waals surface area contributed by atoms with Crippen LogP contribution in [0.3, 0.4) is 0 Å². The van der Waals surface area contributed by atoms with Gasteiger partial charge in [-0.1, -0.05) is 65.6 Å². The quantitative estimate of drug-likeness (QED) is 0.0495. The second-order valence-electron chi connectivity index (χ2n) is 10.9. The lowest BCUT2D eigenvalue weighted by atomic mass is 10.2. The van der Waals surface area contributed by atoms with Crippen molar-refractivity contribution >= 4 is 90.6 Å². The fraction of sp³-hybridized carbons (Fsp3) is 0.0938. The molecule has 19 heteroatoms. The van der Waals surface area contributed by atoms with Crippen molar-refractivity contribution in [2.45, 2.75) is 36.2 Å². The van der Waals surface area contributed by atoms with Crippen molar-refractivity contribution in [3.8, 4) is 0 Å². The number of aromatic nitrogens is 8. The Morgan fingerprint density at radius 1 is 0.804 bits per heavy atom. The van der Waals surface area contributed by atoms with Gasteiger partial charge < -0.3 is 15.3 Å². The minimum atomic E-state index is -3.83. The van der Waals surface area contributed by atoms with Crippen LogP contribution in [0, 0.1) is 0 Å². The fourth-order valence-corrected chi connectivity index (χ4v) is 10.6. The maximum atomic E-state index is 13.6. The lowest BCUT2D eigenvalue weighted by Gasteiger charge is -2.26. The fourth-order valence-electron chi connectivity index (χ4n) is 5.10. The Morgan fingerprint density at radius 2 is 1.43 bits per heavy atom. The van der Waals surface area contributed by atoms with E-state index in [0.29, 0.717) is 48.6 Å². The summed E-state index contributed by atoms with van der Waals surface area (Å²) >= 11 is 4.08. The molecule has 4 aromatic heterocycles. The van der Waals surface area contributed by atoms with E-state index in [4.69, 9.17) is 0 Å². The van der Waals surface area contributed by atoms with Crippen LogP contribution in [-0.2, 0) is 14.8 Å². The molecule has 1 amide bonds. The molecule has 1 aliphatic heterocycles. The number of fused-ring (bicyclic) bond motifs is 3. The molecule has 1 unspecified atom stereocenters. The van der Waals surface area contributed by atoms with Crippen molar-refractivity contribution in [2.24, 2.45) is 10.2 Å². The minimum absolute atomic E-state index is 0.0509. The molecule has 1 atom stereocenters. The Labute approximate surface area is 302 Å². The highest BCUT2D eigenvalue weighted by Crippen LogP contribution is 2.44. The van der Waals surface area contributed by atoms with E-state index in [9.17, 15) is 13.2 Å². The molecule has 0 radical (unpaired) electrons. The van der Waals surface area contributed by atoms with Gasteiger partial charge in [-0.2, -0.15) is 15.0 Å². The van der Waals surface area contributed by atoms with E-state index in [1.807, 2.05) is 42.5 Å². The van der Waals surface area contributed by atoms with Crippen LogP contribution in [0.4, 0.5) is 17.1 Å². The van der Waals surface area contributed by atoms with Gasteiger partial charge in [0.05, 0.1) is 38.9 Å². The van der Waals surface area contributed by atoms with E-state index in [0.717, 1.165) is 11.3 Å². The average Bonchev–Trinajstić information content (AvgIpc) is 3.82. The Morgan fingerprint density at radius 3 is 2.08 bits per heavy atom. The summed E-state index contributed by atoms with van der Waals surface area (Å²) in [5.41, 5.74) is 4.90. The lowest BCUT2D eigenvalue weighted by Crippen LogP contribution is -2.30. The molecule has 0 spiro atoms. The van der Waals surface area contributed by atoms with E-state index < -0.39 is 20.0 Å². The first-order valence-electron chi connectivity index (χ1n) is 15.2. The maximum absolute atomic E-state index is 13.6. The van der Waals surface area contributed by atoms with Crippen LogP contribution in [0.15, 0.2) is 128 Å². The highest BCUT2D eigenvalue weighted by Gasteiger charge is 2.32. The minimum Gasteiger partial charge on any atom is -0.341 e. The Hall–Kier alpha value is -5.21. The number of H-pyrrole nitrogens is 2. The zero-order valence-electron chi connectivity index (χ0n) is 26.0. The number of anilines is 1. The van der Waals surface area contributed by atoms with Crippen molar-refractivity contribution < 1.29 is 13.2 Å². The Balaban J connectivity index is 0.997. The summed E-state index contributed by atoms with van der Waals surface area (Å²) in [4.78, 5) is 46.0. The van der Waals surface area contributed by atoms with E-state index >= 15 is 0 Å². The molecule has 4 N–H and O–H groups in total. The number of rotatable bonds is 10. The molecule has 3 aromatic carbocycles. The summed E-state index contributed by atoms with van der Waals surface area (Å²) in [7, 11) is -3.83. The van der Waals surface area contributed by atoms with Gasteiger partial charge in [-0.3, -0.25) is 4.79 Å². The number of sulfonamides is 1. The number of carbonyl (C=O) groups excluding carboxylic acids is 1. The summed E-state index contributed by atoms with van der Waals surface area (Å²) < 4.78 is 28.9. The number of azo groups is 1. The van der Waals surface area contributed by atoms with Crippen molar-refractivity contribution in [3.05, 3.63) is 104 Å². The topological polar surface area (TPSA) is 209 Å². The second kappa shape index (κ2) is 14.2. The van der Waals surface area contributed by atoms with Crippen LogP contribution in [0.2, 0.25) is 0 Å². The van der Waals surface area contributed by atoms with E-state index in [1.165, 1.54) is 54.0 Å². The first-order chi connectivity index (χ1) is 24.9. The third kappa shape index (κ3) is 7.33. The van der Waals surface area contributed by atoms with Crippen molar-refractivity contribution in [3.63, 3.8) is 0 Å². The van der Waals surface area contributed by atoms with E-state index in [1.54, 1.807) is 36.9 Å². The van der Waals surface area contributed by atoms with Crippen LogP contribution in [-0.4, -0.2) is 58.8 Å². The van der Waals surface area contributed by atoms with Gasteiger partial charge in [-0.25, -0.2) is 38.3 Å². The largest absolute Gasteiger partial charge is 0.341 e. The number of benzene rings is 3. The standard InChI is InChI=1S/C32H24N12O3S4/c45-24(13-25(49-31-26-28(35-14-33-26)37-16-39-31)50-32-27-29(36-15-34-27)38-17-40-32)41-21-10-11-23-22(12-21)48-30(44-51(23,46)47)18-6-8-20(9-7-18)43-42-19-4-2-1-3-5-19/h1-12,14-17,25,30,44H,13H2,(H,41,45)(H,33,35,37,39)(H,34,36,38,40). The smallest absolute Gasteiger partial charge is 0.242 e. The zero-order chi connectivity index (χ0) is 34.8. The van der Waals surface area contributed by atoms with Gasteiger partial charge in [-0.15, -0.1) is 0 Å². The molecule has 51 heavy (non-hydrogen) atoms. The SMILES string of the molecule is O=C(CC(Sc1ncnc2nc[nH]c12)Sc1ncnc2nc[nH]c12)Nc1ccc2c(c1)SC(c1ccc(N=Nc3ccccc3)cc1)NS2(=O)=O. The van der Waals surface area contributed by atoms with Gasteiger partial charge in [0.25, 0.3) is 0 Å². The maximum Gasteiger partial charge on any atom is 0.242 e. The second-order valence-corrected chi connectivity index (χ2v) is 16.4. The molecule has 15 nitrogen and oxygen atoms in total. The number of hydrogen-bond donors (Lipinski definition) is 4. The predicted molar refractivity (Wildman–Crippen MR) is 195 cm³/mol. The molecule has 0 bridgehead atoms. The number of nitrogens with zero attached hydrogens (tertiary/aromatic N) is 8. The summed E-state index contributed by atoms with van der Waals surface area (Å²) in [6, 6.07) is 21.3. The molecule has 0 saturated carbocycles. The van der Waals surface area contributed by atoms with Crippen LogP contribution >= 0.6 is 35.3 Å². The van der Waals surface area contributed by atoms with Crippen LogP contribution < -0.4 is 10.0 Å². The van der Waals surface area contributed by atoms with E-state index in [-0.39, 0.29) is 17.2 Å². The zero-order valence-corrected chi connectivity index (χ0v) is 29.3. The lowest BCUT2D eigenvalue weighted by molar-refractivity contribution is -0.115. The highest BCUT2D eigenvalue weighted by atomic mass is 32.2. The van der Waals surface area contributed by atoms with Gasteiger partial charge in [0.2, 0.25) is 15.9 Å². The van der Waals surface area contributed by atoms with Gasteiger partial charge in [0.1, 0.15) is 33.7 Å². The number of carbonyl (C=O) groups is 1. The third-order valence-electron chi connectivity index (χ3n) is 7.47. The molecule has 5 heterocycles. The van der Waals surface area contributed by atoms with Gasteiger partial charge >= 0.3 is 0 Å². The van der Waals surface area contributed by atoms with Crippen LogP contribution in [0.25, 0.3) is 22.3 Å². The average molecular weight is 753 g/mol. The first-order valence-corrected chi connectivity index (χ1v) is 19.3. The molecule has 254 valence electrons. The summed E-state index contributed by atoms with van der Waals surface area (Å²) in [5.74, 6) is -0.289. The summed E-state index contributed by atoms with van der Waals surface area (Å²) in [6.45, 7) is 0. The molecule has 8 rings (SSSR count). The van der Waals surface area contributed by atoms with Crippen LogP contribution in [0.1, 0.15) is 17.4 Å². The van der Waals surface area contributed by atoms with E-state index in [2.05, 4.69) is 60.1 Å². The third-order valence-corrected chi connectivity index (χ3v) is 13.0. The molecule has 0 fully saturated rings. The monoisotopic (exact) mass is 752 g/mol. The number of hydrogen-bond acceptors (Lipinski definition) is 14. The molecular formula is C32H24N12O3S4. The van der Waals surface area contributed by atoms with Gasteiger partial charge in [-0.05, 0) is 48.0 Å². The Kier molecular flexibility index (Phi) is 9.17. The normalized spacial score (nSPS) is 15.4. The first kappa shape index (κ1) is 33.0. The number of aromatic amines is 2. The van der Waals surface area contributed by atoms with Crippen molar-refractivity contribution in [1.29, 1.82) is 0 Å². The molecule has 0 saturated heterocycles. The van der Waals surface area contributed by atoms with Gasteiger partial charge in [0, 0.05) is 17.0 Å². The Bertz CT molecular complexity index is 2430. The van der Waals surface area contributed by atoms with Crippen molar-refractivity contribution in [1.82, 2.24) is 44.6 Å². The van der Waals surface area contributed by atoms with Gasteiger partial charge in [0.15, 0.2) is 11.3 Å². The molecular weight excluding hydrogens is 729 g/mol. The van der Waals surface area contributed by atoms with Crippen LogP contribution in [0.5, 0.6) is 0 Å². The molecule has 7 aromatic rings. The number of thioether (sulfide) groups is 3. The number of imidazole rings is 2. The number of nitrogens with one attached hydrogen (secondary N) is 4. The summed E-state index contributed by atoms with van der Waals surface area (Å²) in [5, 5.41) is 12.1.